The molecule has 1 aliphatic rings. The molecule has 0 aliphatic heterocycles. The number of nitrogens with zero attached hydrogens (tertiary/aromatic N) is 3. The summed E-state index contributed by atoms with van der Waals surface area (Å²) in [5.41, 5.74) is -0.438. The molecule has 0 aromatic carbocycles. The lowest BCUT2D eigenvalue weighted by Crippen LogP contribution is -2.43. The number of rotatable bonds is 5. The van der Waals surface area contributed by atoms with Crippen LogP contribution >= 0.6 is 0 Å². The van der Waals surface area contributed by atoms with Crippen LogP contribution in [0.4, 0.5) is 0 Å². The highest BCUT2D eigenvalue weighted by molar-refractivity contribution is 5.08. The fraction of sp³-hybridized carbons (Fsp3) is 0.667. The molecule has 86 valence electrons. The quantitative estimate of drug-likeness (QED) is 0.820. The van der Waals surface area contributed by atoms with E-state index in [0.717, 1.165) is 6.42 Å². The Hall–Kier alpha value is -1.34. The molecule has 0 spiro atoms. The molecule has 1 N–H and O–H groups in total. The summed E-state index contributed by atoms with van der Waals surface area (Å²) in [6.45, 7) is 4.07. The SMILES string of the molecule is CC(CC(C)(C#N)NC1CC1)n1cccn1. The van der Waals surface area contributed by atoms with E-state index in [1.807, 2.05) is 23.9 Å². The first-order valence-electron chi connectivity index (χ1n) is 5.81. The molecule has 2 unspecified atom stereocenters. The minimum Gasteiger partial charge on any atom is -0.297 e. The van der Waals surface area contributed by atoms with E-state index in [1.165, 1.54) is 12.8 Å². The molecule has 4 heteroatoms. The molecule has 0 radical (unpaired) electrons. The van der Waals surface area contributed by atoms with Gasteiger partial charge < -0.3 is 0 Å². The molecule has 1 fully saturated rings. The molecule has 1 aromatic heterocycles. The summed E-state index contributed by atoms with van der Waals surface area (Å²) < 4.78 is 1.91. The van der Waals surface area contributed by atoms with Gasteiger partial charge in [0.1, 0.15) is 5.54 Å². The lowest BCUT2D eigenvalue weighted by molar-refractivity contribution is 0.330. The topological polar surface area (TPSA) is 53.6 Å². The van der Waals surface area contributed by atoms with Crippen molar-refractivity contribution in [3.8, 4) is 6.07 Å². The van der Waals surface area contributed by atoms with Gasteiger partial charge in [-0.1, -0.05) is 0 Å². The van der Waals surface area contributed by atoms with E-state index in [1.54, 1.807) is 6.20 Å². The summed E-state index contributed by atoms with van der Waals surface area (Å²) in [4.78, 5) is 0. The predicted octanol–water partition coefficient (Wildman–Crippen LogP) is 1.87. The van der Waals surface area contributed by atoms with Gasteiger partial charge in [-0.15, -0.1) is 0 Å². The van der Waals surface area contributed by atoms with Gasteiger partial charge in [0.2, 0.25) is 0 Å². The van der Waals surface area contributed by atoms with E-state index >= 15 is 0 Å². The average molecular weight is 218 g/mol. The molecule has 1 aromatic rings. The van der Waals surface area contributed by atoms with Gasteiger partial charge in [0.05, 0.1) is 12.1 Å². The lowest BCUT2D eigenvalue weighted by atomic mass is 9.95. The van der Waals surface area contributed by atoms with Crippen molar-refractivity contribution in [1.82, 2.24) is 15.1 Å². The van der Waals surface area contributed by atoms with Gasteiger partial charge in [-0.3, -0.25) is 10.00 Å². The molecule has 1 heterocycles. The number of hydrogen-bond donors (Lipinski definition) is 1. The van der Waals surface area contributed by atoms with Crippen molar-refractivity contribution in [3.05, 3.63) is 18.5 Å². The van der Waals surface area contributed by atoms with E-state index < -0.39 is 5.54 Å². The largest absolute Gasteiger partial charge is 0.297 e. The van der Waals surface area contributed by atoms with E-state index in [2.05, 4.69) is 23.4 Å². The third-order valence-corrected chi connectivity index (χ3v) is 3.03. The van der Waals surface area contributed by atoms with Crippen molar-refractivity contribution in [2.24, 2.45) is 0 Å². The van der Waals surface area contributed by atoms with Crippen molar-refractivity contribution >= 4 is 0 Å². The van der Waals surface area contributed by atoms with Gasteiger partial charge >= 0.3 is 0 Å². The van der Waals surface area contributed by atoms with E-state index in [9.17, 15) is 5.26 Å². The summed E-state index contributed by atoms with van der Waals surface area (Å²) in [5, 5.41) is 16.9. The Morgan fingerprint density at radius 2 is 2.44 bits per heavy atom. The number of nitrogens with one attached hydrogen (secondary N) is 1. The van der Waals surface area contributed by atoms with Gasteiger partial charge in [0.25, 0.3) is 0 Å². The standard InChI is InChI=1S/C12H18N4/c1-10(16-7-3-6-14-16)8-12(2,9-13)15-11-4-5-11/h3,6-7,10-11,15H,4-5,8H2,1-2H3. The number of aromatic nitrogens is 2. The van der Waals surface area contributed by atoms with Crippen LogP contribution in [0.1, 0.15) is 39.2 Å². The zero-order valence-corrected chi connectivity index (χ0v) is 9.85. The lowest BCUT2D eigenvalue weighted by Gasteiger charge is -2.26. The summed E-state index contributed by atoms with van der Waals surface area (Å²) in [5.74, 6) is 0. The van der Waals surface area contributed by atoms with Crippen molar-refractivity contribution in [2.75, 3.05) is 0 Å². The minimum atomic E-state index is -0.438. The van der Waals surface area contributed by atoms with Crippen LogP contribution < -0.4 is 5.32 Å². The molecule has 2 atom stereocenters. The van der Waals surface area contributed by atoms with Gasteiger partial charge in [-0.05, 0) is 32.8 Å². The first kappa shape index (κ1) is 11.2. The van der Waals surface area contributed by atoms with Gasteiger partial charge in [0.15, 0.2) is 0 Å². The number of nitriles is 1. The Balaban J connectivity index is 1.97. The second-order valence-electron chi connectivity index (χ2n) is 4.90. The predicted molar refractivity (Wildman–Crippen MR) is 61.7 cm³/mol. The van der Waals surface area contributed by atoms with Crippen molar-refractivity contribution in [2.45, 2.75) is 50.7 Å². The second kappa shape index (κ2) is 4.26. The summed E-state index contributed by atoms with van der Waals surface area (Å²) in [7, 11) is 0. The van der Waals surface area contributed by atoms with Crippen LogP contribution in [-0.2, 0) is 0 Å². The van der Waals surface area contributed by atoms with E-state index in [-0.39, 0.29) is 6.04 Å². The Morgan fingerprint density at radius 1 is 1.69 bits per heavy atom. The van der Waals surface area contributed by atoms with Gasteiger partial charge in [-0.25, -0.2) is 0 Å². The molecular weight excluding hydrogens is 200 g/mol. The minimum absolute atomic E-state index is 0.242. The van der Waals surface area contributed by atoms with Crippen molar-refractivity contribution in [3.63, 3.8) is 0 Å². The van der Waals surface area contributed by atoms with Crippen LogP contribution in [0.3, 0.4) is 0 Å². The van der Waals surface area contributed by atoms with E-state index in [4.69, 9.17) is 0 Å². The van der Waals surface area contributed by atoms with Gasteiger partial charge in [0, 0.05) is 24.9 Å². The monoisotopic (exact) mass is 218 g/mol. The Labute approximate surface area is 96.3 Å². The molecule has 0 bridgehead atoms. The second-order valence-corrected chi connectivity index (χ2v) is 4.90. The van der Waals surface area contributed by atoms with Crippen LogP contribution in [0.5, 0.6) is 0 Å². The highest BCUT2D eigenvalue weighted by Gasteiger charge is 2.33. The van der Waals surface area contributed by atoms with Crippen molar-refractivity contribution < 1.29 is 0 Å². The zero-order chi connectivity index (χ0) is 11.6. The zero-order valence-electron chi connectivity index (χ0n) is 9.85. The van der Waals surface area contributed by atoms with Crippen LogP contribution in [0, 0.1) is 11.3 Å². The Kier molecular flexibility index (Phi) is 2.97. The Morgan fingerprint density at radius 3 is 2.94 bits per heavy atom. The third-order valence-electron chi connectivity index (χ3n) is 3.03. The maximum absolute atomic E-state index is 9.27. The highest BCUT2D eigenvalue weighted by atomic mass is 15.3. The molecule has 0 amide bonds. The van der Waals surface area contributed by atoms with E-state index in [0.29, 0.717) is 6.04 Å². The average Bonchev–Trinajstić information content (AvgIpc) is 2.88. The molecule has 4 nitrogen and oxygen atoms in total. The maximum atomic E-state index is 9.27. The normalized spacial score (nSPS) is 21.1. The van der Waals surface area contributed by atoms with Crippen LogP contribution in [-0.4, -0.2) is 21.4 Å². The highest BCUT2D eigenvalue weighted by Crippen LogP contribution is 2.26. The molecule has 16 heavy (non-hydrogen) atoms. The summed E-state index contributed by atoms with van der Waals surface area (Å²) >= 11 is 0. The first-order chi connectivity index (χ1) is 7.63. The molecule has 1 aliphatic carbocycles. The smallest absolute Gasteiger partial charge is 0.106 e. The molecule has 0 saturated heterocycles. The summed E-state index contributed by atoms with van der Waals surface area (Å²) in [6, 6.07) is 5.09. The fourth-order valence-electron chi connectivity index (χ4n) is 2.04. The third kappa shape index (κ3) is 2.61. The van der Waals surface area contributed by atoms with Crippen LogP contribution in [0.25, 0.3) is 0 Å². The van der Waals surface area contributed by atoms with Crippen LogP contribution in [0.2, 0.25) is 0 Å². The molecular formula is C12H18N4. The summed E-state index contributed by atoms with van der Waals surface area (Å²) in [6.07, 6.45) is 6.90. The Bertz CT molecular complexity index is 374. The number of hydrogen-bond acceptors (Lipinski definition) is 3. The first-order valence-corrected chi connectivity index (χ1v) is 5.81. The van der Waals surface area contributed by atoms with Crippen molar-refractivity contribution in [1.29, 1.82) is 5.26 Å². The fourth-order valence-corrected chi connectivity index (χ4v) is 2.04. The maximum Gasteiger partial charge on any atom is 0.106 e. The van der Waals surface area contributed by atoms with Crippen LogP contribution in [0.15, 0.2) is 18.5 Å². The molecule has 2 rings (SSSR count). The van der Waals surface area contributed by atoms with Gasteiger partial charge in [-0.2, -0.15) is 10.4 Å². The molecule has 1 saturated carbocycles.